The number of ether oxygens (including phenoxy) is 3. The molecular formula is C29H35NO4. The number of nitrogens with one attached hydrogen (secondary N) is 1. The predicted molar refractivity (Wildman–Crippen MR) is 133 cm³/mol. The monoisotopic (exact) mass is 461 g/mol. The number of aliphatic hydroxyl groups excluding tert-OH is 1. The van der Waals surface area contributed by atoms with Crippen molar-refractivity contribution < 1.29 is 19.3 Å². The maximum absolute atomic E-state index is 10.2. The summed E-state index contributed by atoms with van der Waals surface area (Å²) < 4.78 is 19.5. The third-order valence-corrected chi connectivity index (χ3v) is 6.36. The van der Waals surface area contributed by atoms with Gasteiger partial charge in [-0.2, -0.15) is 0 Å². The quantitative estimate of drug-likeness (QED) is 0.441. The number of benzene rings is 3. The molecule has 0 radical (unpaired) electrons. The van der Waals surface area contributed by atoms with Gasteiger partial charge in [-0.15, -0.1) is 0 Å². The zero-order valence-corrected chi connectivity index (χ0v) is 19.8. The van der Waals surface area contributed by atoms with Crippen LogP contribution in [0.5, 0.6) is 0 Å². The molecule has 0 saturated carbocycles. The summed E-state index contributed by atoms with van der Waals surface area (Å²) in [5.74, 6) is 0. The minimum absolute atomic E-state index is 0.0352. The normalized spacial score (nSPS) is 24.7. The lowest BCUT2D eigenvalue weighted by Crippen LogP contribution is -2.67. The van der Waals surface area contributed by atoms with Gasteiger partial charge in [-0.25, -0.2) is 0 Å². The van der Waals surface area contributed by atoms with Crippen molar-refractivity contribution in [3.63, 3.8) is 0 Å². The minimum atomic E-state index is -0.363. The van der Waals surface area contributed by atoms with Crippen molar-refractivity contribution in [3.8, 4) is 0 Å². The maximum Gasteiger partial charge on any atom is 0.113 e. The van der Waals surface area contributed by atoms with E-state index in [-0.39, 0.29) is 37.0 Å². The first-order valence-electron chi connectivity index (χ1n) is 12.1. The Morgan fingerprint density at radius 1 is 0.588 bits per heavy atom. The van der Waals surface area contributed by atoms with Crippen molar-refractivity contribution in [2.75, 3.05) is 6.61 Å². The number of aliphatic hydroxyl groups is 1. The molecule has 0 amide bonds. The Labute approximate surface area is 202 Å². The minimum Gasteiger partial charge on any atom is -0.395 e. The van der Waals surface area contributed by atoms with Gasteiger partial charge in [-0.05, 0) is 23.1 Å². The molecule has 1 fully saturated rings. The molecule has 34 heavy (non-hydrogen) atoms. The Morgan fingerprint density at radius 3 is 1.35 bits per heavy atom. The predicted octanol–water partition coefficient (Wildman–Crippen LogP) is 4.49. The highest BCUT2D eigenvalue weighted by molar-refractivity contribution is 5.16. The fraction of sp³-hybridized carbons (Fsp3) is 0.379. The number of rotatable bonds is 11. The van der Waals surface area contributed by atoms with Crippen LogP contribution in [0.2, 0.25) is 0 Å². The Kier molecular flexibility index (Phi) is 9.25. The molecule has 1 saturated heterocycles. The van der Waals surface area contributed by atoms with Crippen molar-refractivity contribution in [1.29, 1.82) is 0 Å². The van der Waals surface area contributed by atoms with Crippen LogP contribution in [-0.2, 0) is 34.0 Å². The fourth-order valence-electron chi connectivity index (χ4n) is 4.53. The lowest BCUT2D eigenvalue weighted by Gasteiger charge is -2.46. The van der Waals surface area contributed by atoms with Crippen LogP contribution in [0.25, 0.3) is 0 Å². The van der Waals surface area contributed by atoms with Crippen LogP contribution < -0.4 is 5.32 Å². The first-order chi connectivity index (χ1) is 16.8. The molecule has 3 aromatic rings. The van der Waals surface area contributed by atoms with E-state index in [2.05, 4.69) is 36.5 Å². The molecule has 5 nitrogen and oxygen atoms in total. The van der Waals surface area contributed by atoms with Crippen molar-refractivity contribution in [2.45, 2.75) is 63.6 Å². The van der Waals surface area contributed by atoms with Gasteiger partial charge in [0.15, 0.2) is 0 Å². The second-order valence-corrected chi connectivity index (χ2v) is 8.75. The van der Waals surface area contributed by atoms with Crippen LogP contribution in [0, 0.1) is 0 Å². The Bertz CT molecular complexity index is 896. The zero-order valence-electron chi connectivity index (χ0n) is 19.8. The van der Waals surface area contributed by atoms with E-state index >= 15 is 0 Å². The van der Waals surface area contributed by atoms with E-state index in [1.54, 1.807) is 0 Å². The highest BCUT2D eigenvalue weighted by Gasteiger charge is 2.46. The Balaban J connectivity index is 1.56. The van der Waals surface area contributed by atoms with Gasteiger partial charge in [-0.1, -0.05) is 97.9 Å². The van der Waals surface area contributed by atoms with E-state index in [4.69, 9.17) is 14.2 Å². The highest BCUT2D eigenvalue weighted by Crippen LogP contribution is 2.28. The van der Waals surface area contributed by atoms with Crippen molar-refractivity contribution >= 4 is 0 Å². The third-order valence-electron chi connectivity index (χ3n) is 6.36. The van der Waals surface area contributed by atoms with Gasteiger partial charge < -0.3 is 24.6 Å². The average Bonchev–Trinajstić information content (AvgIpc) is 2.91. The lowest BCUT2D eigenvalue weighted by molar-refractivity contribution is -0.192. The van der Waals surface area contributed by atoms with Crippen LogP contribution in [-0.4, -0.2) is 42.1 Å². The first kappa shape index (κ1) is 24.6. The molecule has 5 heteroatoms. The van der Waals surface area contributed by atoms with Gasteiger partial charge in [0.1, 0.15) is 18.3 Å². The van der Waals surface area contributed by atoms with Gasteiger partial charge in [0.25, 0.3) is 0 Å². The zero-order chi connectivity index (χ0) is 23.6. The summed E-state index contributed by atoms with van der Waals surface area (Å²) in [5, 5.41) is 13.8. The summed E-state index contributed by atoms with van der Waals surface area (Å²) in [5.41, 5.74) is 3.30. The molecule has 2 N–H and O–H groups in total. The molecule has 0 unspecified atom stereocenters. The maximum atomic E-state index is 10.2. The third kappa shape index (κ3) is 6.53. The van der Waals surface area contributed by atoms with Gasteiger partial charge in [-0.3, -0.25) is 0 Å². The second-order valence-electron chi connectivity index (χ2n) is 8.75. The molecule has 1 aliphatic heterocycles. The van der Waals surface area contributed by atoms with E-state index in [0.29, 0.717) is 19.8 Å². The van der Waals surface area contributed by atoms with E-state index < -0.39 is 0 Å². The molecule has 3 aromatic carbocycles. The molecular weight excluding hydrogens is 426 g/mol. The summed E-state index contributed by atoms with van der Waals surface area (Å²) in [4.78, 5) is 0. The summed E-state index contributed by atoms with van der Waals surface area (Å²) in [6.07, 6.45) is -0.0713. The standard InChI is InChI=1S/C29H35NO4/c1-2-25-27(32-19-22-12-6-3-7-13-22)29(34-21-24-16-10-5-11-17-24)28(26(18-31)30-25)33-20-23-14-8-4-9-15-23/h3-17,25-31H,2,18-21H2,1H3/t25-,26-,27-,28+,29+/m1/s1. The van der Waals surface area contributed by atoms with Crippen molar-refractivity contribution in [2.24, 2.45) is 0 Å². The van der Waals surface area contributed by atoms with Crippen LogP contribution >= 0.6 is 0 Å². The second kappa shape index (κ2) is 12.8. The van der Waals surface area contributed by atoms with Gasteiger partial charge >= 0.3 is 0 Å². The van der Waals surface area contributed by atoms with Crippen LogP contribution in [0.3, 0.4) is 0 Å². The number of hydrogen-bond donors (Lipinski definition) is 2. The highest BCUT2D eigenvalue weighted by atomic mass is 16.6. The van der Waals surface area contributed by atoms with Crippen LogP contribution in [0.15, 0.2) is 91.0 Å². The van der Waals surface area contributed by atoms with Gasteiger partial charge in [0.2, 0.25) is 0 Å². The molecule has 0 aromatic heterocycles. The summed E-state index contributed by atoms with van der Waals surface area (Å²) in [6, 6.07) is 30.2. The van der Waals surface area contributed by atoms with E-state index in [1.807, 2.05) is 66.7 Å². The summed E-state index contributed by atoms with van der Waals surface area (Å²) >= 11 is 0. The van der Waals surface area contributed by atoms with E-state index in [1.165, 1.54) is 0 Å². The van der Waals surface area contributed by atoms with Crippen molar-refractivity contribution in [3.05, 3.63) is 108 Å². The SMILES string of the molecule is CC[C@H]1N[C@H](CO)[C@H](OCc2ccccc2)[C@@H](OCc2ccccc2)[C@@H]1OCc1ccccc1. The largest absolute Gasteiger partial charge is 0.395 e. The molecule has 0 spiro atoms. The molecule has 0 bridgehead atoms. The molecule has 1 aliphatic rings. The lowest BCUT2D eigenvalue weighted by atomic mass is 9.88. The van der Waals surface area contributed by atoms with E-state index in [9.17, 15) is 5.11 Å². The topological polar surface area (TPSA) is 60.0 Å². The summed E-state index contributed by atoms with van der Waals surface area (Å²) in [6.45, 7) is 3.48. The number of hydrogen-bond acceptors (Lipinski definition) is 5. The molecule has 4 rings (SSSR count). The molecule has 180 valence electrons. The Hall–Kier alpha value is -2.54. The van der Waals surface area contributed by atoms with Gasteiger partial charge in [0.05, 0.1) is 32.5 Å². The van der Waals surface area contributed by atoms with Crippen LogP contribution in [0.4, 0.5) is 0 Å². The average molecular weight is 462 g/mol. The first-order valence-corrected chi connectivity index (χ1v) is 12.1. The van der Waals surface area contributed by atoms with E-state index in [0.717, 1.165) is 23.1 Å². The summed E-state index contributed by atoms with van der Waals surface area (Å²) in [7, 11) is 0. The fourth-order valence-corrected chi connectivity index (χ4v) is 4.53. The van der Waals surface area contributed by atoms with Gasteiger partial charge in [0, 0.05) is 6.04 Å². The molecule has 0 aliphatic carbocycles. The van der Waals surface area contributed by atoms with Crippen LogP contribution in [0.1, 0.15) is 30.0 Å². The molecule has 1 heterocycles. The smallest absolute Gasteiger partial charge is 0.113 e. The number of piperidine rings is 1. The van der Waals surface area contributed by atoms with Crippen molar-refractivity contribution in [1.82, 2.24) is 5.32 Å². The Morgan fingerprint density at radius 2 is 0.971 bits per heavy atom. The molecule has 5 atom stereocenters.